The highest BCUT2D eigenvalue weighted by atomic mass is 32.2. The number of anilines is 1. The number of carbonyl (C=O) groups excluding carboxylic acids is 1. The Balaban J connectivity index is 2.07. The highest BCUT2D eigenvalue weighted by molar-refractivity contribution is 7.99. The number of aromatic nitrogens is 2. The van der Waals surface area contributed by atoms with Crippen LogP contribution in [0.15, 0.2) is 23.4 Å². The molecule has 0 fully saturated rings. The van der Waals surface area contributed by atoms with Gasteiger partial charge in [0, 0.05) is 5.69 Å². The maximum absolute atomic E-state index is 11.2. The van der Waals surface area contributed by atoms with Crippen molar-refractivity contribution in [1.29, 1.82) is 0 Å². The SMILES string of the molecule is CCOC(=O)CSc1nc2ccc(N)cc2[nH]1. The van der Waals surface area contributed by atoms with E-state index in [-0.39, 0.29) is 11.7 Å². The van der Waals surface area contributed by atoms with Crippen LogP contribution in [0.25, 0.3) is 11.0 Å². The summed E-state index contributed by atoms with van der Waals surface area (Å²) in [5, 5.41) is 0.693. The van der Waals surface area contributed by atoms with Crippen LogP contribution in [0.3, 0.4) is 0 Å². The van der Waals surface area contributed by atoms with Gasteiger partial charge in [-0.1, -0.05) is 11.8 Å². The number of nitrogen functional groups attached to an aromatic ring is 1. The minimum Gasteiger partial charge on any atom is -0.465 e. The van der Waals surface area contributed by atoms with Gasteiger partial charge in [0.1, 0.15) is 0 Å². The number of ether oxygens (including phenoxy) is 1. The summed E-state index contributed by atoms with van der Waals surface area (Å²) in [6.07, 6.45) is 0. The van der Waals surface area contributed by atoms with E-state index in [1.54, 1.807) is 13.0 Å². The summed E-state index contributed by atoms with van der Waals surface area (Å²) < 4.78 is 4.84. The summed E-state index contributed by atoms with van der Waals surface area (Å²) >= 11 is 1.32. The van der Waals surface area contributed by atoms with Gasteiger partial charge in [-0.25, -0.2) is 4.98 Å². The monoisotopic (exact) mass is 251 g/mol. The van der Waals surface area contributed by atoms with E-state index in [4.69, 9.17) is 10.5 Å². The molecular formula is C11H13N3O2S. The van der Waals surface area contributed by atoms with Crippen LogP contribution in [0.1, 0.15) is 6.92 Å². The van der Waals surface area contributed by atoms with Crippen LogP contribution < -0.4 is 5.73 Å². The van der Waals surface area contributed by atoms with Crippen molar-refractivity contribution < 1.29 is 9.53 Å². The molecule has 1 aromatic heterocycles. The molecule has 90 valence electrons. The summed E-state index contributed by atoms with van der Waals surface area (Å²) in [4.78, 5) is 18.6. The third kappa shape index (κ3) is 2.91. The zero-order valence-corrected chi connectivity index (χ0v) is 10.2. The summed E-state index contributed by atoms with van der Waals surface area (Å²) in [6.45, 7) is 2.18. The number of hydrogen-bond acceptors (Lipinski definition) is 5. The Kier molecular flexibility index (Phi) is 3.53. The average molecular weight is 251 g/mol. The number of fused-ring (bicyclic) bond motifs is 1. The molecule has 0 spiro atoms. The largest absolute Gasteiger partial charge is 0.465 e. The van der Waals surface area contributed by atoms with Gasteiger partial charge in [0.15, 0.2) is 5.16 Å². The molecule has 0 unspecified atom stereocenters. The lowest BCUT2D eigenvalue weighted by molar-refractivity contribution is -0.139. The molecule has 0 aliphatic heterocycles. The van der Waals surface area contributed by atoms with Gasteiger partial charge in [-0.2, -0.15) is 0 Å². The Bertz CT molecular complexity index is 538. The normalized spacial score (nSPS) is 10.6. The predicted octanol–water partition coefficient (Wildman–Crippen LogP) is 1.80. The second-order valence-electron chi connectivity index (χ2n) is 3.41. The maximum Gasteiger partial charge on any atom is 0.316 e. The molecule has 0 saturated carbocycles. The number of hydrogen-bond donors (Lipinski definition) is 2. The fourth-order valence-electron chi connectivity index (χ4n) is 1.40. The summed E-state index contributed by atoms with van der Waals surface area (Å²) in [7, 11) is 0. The molecule has 0 aliphatic carbocycles. The molecule has 17 heavy (non-hydrogen) atoms. The van der Waals surface area contributed by atoms with Crippen LogP contribution in [-0.2, 0) is 9.53 Å². The Morgan fingerprint density at radius 3 is 3.18 bits per heavy atom. The lowest BCUT2D eigenvalue weighted by Crippen LogP contribution is -2.06. The minimum atomic E-state index is -0.238. The van der Waals surface area contributed by atoms with Gasteiger partial charge in [0.25, 0.3) is 0 Å². The van der Waals surface area contributed by atoms with Crippen LogP contribution in [-0.4, -0.2) is 28.3 Å². The molecule has 5 nitrogen and oxygen atoms in total. The van der Waals surface area contributed by atoms with Gasteiger partial charge < -0.3 is 15.5 Å². The quantitative estimate of drug-likeness (QED) is 0.492. The highest BCUT2D eigenvalue weighted by Crippen LogP contribution is 2.21. The van der Waals surface area contributed by atoms with E-state index < -0.39 is 0 Å². The topological polar surface area (TPSA) is 81.0 Å². The highest BCUT2D eigenvalue weighted by Gasteiger charge is 2.07. The minimum absolute atomic E-state index is 0.238. The van der Waals surface area contributed by atoms with E-state index >= 15 is 0 Å². The molecule has 1 heterocycles. The number of nitrogens with two attached hydrogens (primary N) is 1. The first-order valence-corrected chi connectivity index (χ1v) is 6.21. The number of thioether (sulfide) groups is 1. The number of H-pyrrole nitrogens is 1. The predicted molar refractivity (Wildman–Crippen MR) is 67.9 cm³/mol. The van der Waals surface area contributed by atoms with Crippen LogP contribution >= 0.6 is 11.8 Å². The Hall–Kier alpha value is -1.69. The van der Waals surface area contributed by atoms with Crippen molar-refractivity contribution in [3.63, 3.8) is 0 Å². The van der Waals surface area contributed by atoms with Gasteiger partial charge in [0.2, 0.25) is 0 Å². The Morgan fingerprint density at radius 1 is 1.59 bits per heavy atom. The van der Waals surface area contributed by atoms with E-state index in [2.05, 4.69) is 9.97 Å². The summed E-state index contributed by atoms with van der Waals surface area (Å²) in [5.41, 5.74) is 8.06. The van der Waals surface area contributed by atoms with E-state index in [1.165, 1.54) is 11.8 Å². The Morgan fingerprint density at radius 2 is 2.41 bits per heavy atom. The number of nitrogens with zero attached hydrogens (tertiary/aromatic N) is 1. The first kappa shape index (κ1) is 11.8. The second-order valence-corrected chi connectivity index (χ2v) is 4.38. The lowest BCUT2D eigenvalue weighted by atomic mass is 10.3. The van der Waals surface area contributed by atoms with Crippen molar-refractivity contribution in [1.82, 2.24) is 9.97 Å². The van der Waals surface area contributed by atoms with Crippen LogP contribution in [0, 0.1) is 0 Å². The van der Waals surface area contributed by atoms with E-state index in [1.807, 2.05) is 12.1 Å². The van der Waals surface area contributed by atoms with Gasteiger partial charge in [0.05, 0.1) is 23.4 Å². The smallest absolute Gasteiger partial charge is 0.316 e. The van der Waals surface area contributed by atoms with Gasteiger partial charge in [-0.3, -0.25) is 4.79 Å². The lowest BCUT2D eigenvalue weighted by Gasteiger charge is -1.98. The molecule has 6 heteroatoms. The number of rotatable bonds is 4. The van der Waals surface area contributed by atoms with Gasteiger partial charge >= 0.3 is 5.97 Å². The van der Waals surface area contributed by atoms with Gasteiger partial charge in [-0.15, -0.1) is 0 Å². The Labute approximate surface area is 103 Å². The molecule has 0 bridgehead atoms. The summed E-state index contributed by atoms with van der Waals surface area (Å²) in [6, 6.07) is 5.45. The number of esters is 1. The third-order valence-electron chi connectivity index (χ3n) is 2.12. The number of nitrogens with one attached hydrogen (secondary N) is 1. The number of carbonyl (C=O) groups is 1. The molecule has 2 rings (SSSR count). The fourth-order valence-corrected chi connectivity index (χ4v) is 2.09. The van der Waals surface area contributed by atoms with Gasteiger partial charge in [-0.05, 0) is 25.1 Å². The molecule has 0 saturated heterocycles. The molecule has 0 amide bonds. The van der Waals surface area contributed by atoms with E-state index in [0.717, 1.165) is 11.0 Å². The van der Waals surface area contributed by atoms with Crippen molar-refractivity contribution in [2.45, 2.75) is 12.1 Å². The van der Waals surface area contributed by atoms with Crippen LogP contribution in [0.2, 0.25) is 0 Å². The van der Waals surface area contributed by atoms with E-state index in [0.29, 0.717) is 17.5 Å². The van der Waals surface area contributed by atoms with Crippen molar-refractivity contribution in [2.24, 2.45) is 0 Å². The molecule has 3 N–H and O–H groups in total. The number of benzene rings is 1. The average Bonchev–Trinajstić information content (AvgIpc) is 2.68. The zero-order chi connectivity index (χ0) is 12.3. The molecule has 2 aromatic rings. The maximum atomic E-state index is 11.2. The van der Waals surface area contributed by atoms with Crippen molar-refractivity contribution >= 4 is 34.5 Å². The zero-order valence-electron chi connectivity index (χ0n) is 9.40. The van der Waals surface area contributed by atoms with Crippen molar-refractivity contribution in [3.8, 4) is 0 Å². The number of imidazole rings is 1. The second kappa shape index (κ2) is 5.09. The molecule has 0 aliphatic rings. The first-order valence-electron chi connectivity index (χ1n) is 5.22. The molecular weight excluding hydrogens is 238 g/mol. The van der Waals surface area contributed by atoms with Crippen molar-refractivity contribution in [3.05, 3.63) is 18.2 Å². The van der Waals surface area contributed by atoms with Crippen LogP contribution in [0.5, 0.6) is 0 Å². The van der Waals surface area contributed by atoms with Crippen LogP contribution in [0.4, 0.5) is 5.69 Å². The molecule has 1 aromatic carbocycles. The number of aromatic amines is 1. The summed E-state index contributed by atoms with van der Waals surface area (Å²) in [5.74, 6) is 0.0147. The van der Waals surface area contributed by atoms with Crippen molar-refractivity contribution in [2.75, 3.05) is 18.1 Å². The fraction of sp³-hybridized carbons (Fsp3) is 0.273. The molecule has 0 radical (unpaired) electrons. The molecule has 0 atom stereocenters. The van der Waals surface area contributed by atoms with E-state index in [9.17, 15) is 4.79 Å². The standard InChI is InChI=1S/C11H13N3O2S/c1-2-16-10(15)6-17-11-13-8-4-3-7(12)5-9(8)14-11/h3-5H,2,6,12H2,1H3,(H,13,14). The third-order valence-corrected chi connectivity index (χ3v) is 2.96. The first-order chi connectivity index (χ1) is 8.19.